The molecule has 0 fully saturated rings. The van der Waals surface area contributed by atoms with Crippen molar-refractivity contribution < 1.29 is 9.90 Å². The summed E-state index contributed by atoms with van der Waals surface area (Å²) in [5, 5.41) is 19.3. The number of carbonyl (C=O) groups excluding carboxylic acids is 1. The van der Waals surface area contributed by atoms with Gasteiger partial charge in [-0.25, -0.2) is 0 Å². The smallest absolute Gasteiger partial charge is 0.265 e. The Bertz CT molecular complexity index is 534. The minimum atomic E-state index is -0.230. The molecular formula is C14H16N2O2S. The molecule has 0 aliphatic rings. The Morgan fingerprint density at radius 3 is 2.95 bits per heavy atom. The Labute approximate surface area is 117 Å². The molecular weight excluding hydrogens is 260 g/mol. The highest BCUT2D eigenvalue weighted by Crippen LogP contribution is 2.18. The van der Waals surface area contributed by atoms with E-state index in [2.05, 4.69) is 17.9 Å². The predicted octanol–water partition coefficient (Wildman–Crippen LogP) is 1.71. The summed E-state index contributed by atoms with van der Waals surface area (Å²) >= 11 is 1.33. The van der Waals surface area contributed by atoms with Gasteiger partial charge in [-0.1, -0.05) is 11.8 Å². The van der Waals surface area contributed by atoms with Crippen LogP contribution in [-0.4, -0.2) is 35.6 Å². The Morgan fingerprint density at radius 1 is 1.63 bits per heavy atom. The van der Waals surface area contributed by atoms with E-state index in [9.17, 15) is 4.79 Å². The molecule has 1 heterocycles. The Balaban J connectivity index is 2.92. The molecule has 1 atom stereocenters. The largest absolute Gasteiger partial charge is 0.384 e. The van der Waals surface area contributed by atoms with Crippen molar-refractivity contribution in [2.75, 3.05) is 19.7 Å². The van der Waals surface area contributed by atoms with Crippen molar-refractivity contribution in [3.8, 4) is 17.9 Å². The van der Waals surface area contributed by atoms with Crippen LogP contribution in [0.3, 0.4) is 0 Å². The van der Waals surface area contributed by atoms with E-state index in [4.69, 9.17) is 10.4 Å². The lowest BCUT2D eigenvalue weighted by molar-refractivity contribution is 0.0757. The van der Waals surface area contributed by atoms with Crippen LogP contribution in [0.15, 0.2) is 11.4 Å². The summed E-state index contributed by atoms with van der Waals surface area (Å²) in [4.78, 5) is 14.6. The first-order valence-electron chi connectivity index (χ1n) is 6.00. The number of nitrogens with zero attached hydrogens (tertiary/aromatic N) is 2. The van der Waals surface area contributed by atoms with Crippen LogP contribution >= 0.6 is 11.3 Å². The van der Waals surface area contributed by atoms with E-state index < -0.39 is 0 Å². The van der Waals surface area contributed by atoms with Gasteiger partial charge in [0.1, 0.15) is 11.5 Å². The second-order valence-corrected chi connectivity index (χ2v) is 4.91. The maximum Gasteiger partial charge on any atom is 0.265 e. The van der Waals surface area contributed by atoms with Crippen LogP contribution in [0.5, 0.6) is 0 Å². The number of rotatable bonds is 4. The fourth-order valence-electron chi connectivity index (χ4n) is 1.58. The number of amides is 1. The molecule has 1 N–H and O–H groups in total. The number of nitriles is 1. The van der Waals surface area contributed by atoms with E-state index >= 15 is 0 Å². The number of aliphatic hydroxyl groups is 1. The van der Waals surface area contributed by atoms with Crippen molar-refractivity contribution in [3.05, 3.63) is 21.9 Å². The third-order valence-electron chi connectivity index (χ3n) is 2.55. The van der Waals surface area contributed by atoms with Crippen LogP contribution in [0.2, 0.25) is 0 Å². The molecule has 0 saturated carbocycles. The molecule has 0 bridgehead atoms. The van der Waals surface area contributed by atoms with Gasteiger partial charge in [-0.15, -0.1) is 11.3 Å². The summed E-state index contributed by atoms with van der Waals surface area (Å²) in [5.41, 5.74) is 0.632. The van der Waals surface area contributed by atoms with Gasteiger partial charge >= 0.3 is 0 Å². The summed E-state index contributed by atoms with van der Waals surface area (Å²) in [6.45, 7) is 4.41. The molecule has 0 aliphatic carbocycles. The zero-order chi connectivity index (χ0) is 14.3. The SMILES string of the molecule is CCN(CC(C)C#N)C(=O)c1sccc1C#CCO. The van der Waals surface area contributed by atoms with Crippen LogP contribution in [-0.2, 0) is 0 Å². The van der Waals surface area contributed by atoms with Crippen LogP contribution in [0, 0.1) is 29.1 Å². The van der Waals surface area contributed by atoms with Crippen LogP contribution in [0.1, 0.15) is 29.1 Å². The second kappa shape index (κ2) is 7.58. The van der Waals surface area contributed by atoms with Crippen molar-refractivity contribution in [2.45, 2.75) is 13.8 Å². The van der Waals surface area contributed by atoms with E-state index in [0.717, 1.165) is 0 Å². The summed E-state index contributed by atoms with van der Waals surface area (Å²) in [6.07, 6.45) is 0. The standard InChI is InChI=1S/C14H16N2O2S/c1-3-16(10-11(2)9-15)14(18)13-12(5-4-7-17)6-8-19-13/h6,8,11,17H,3,7,10H2,1-2H3. The molecule has 1 aromatic rings. The van der Waals surface area contributed by atoms with Gasteiger partial charge in [0, 0.05) is 18.7 Å². The van der Waals surface area contributed by atoms with E-state index in [1.54, 1.807) is 23.3 Å². The molecule has 0 aromatic carbocycles. The normalized spacial score (nSPS) is 11.1. The quantitative estimate of drug-likeness (QED) is 0.852. The van der Waals surface area contributed by atoms with Crippen molar-refractivity contribution in [3.63, 3.8) is 0 Å². The number of hydrogen-bond donors (Lipinski definition) is 1. The molecule has 0 saturated heterocycles. The number of thiophene rings is 1. The average Bonchev–Trinajstić information content (AvgIpc) is 2.89. The minimum Gasteiger partial charge on any atom is -0.384 e. The molecule has 1 rings (SSSR count). The molecule has 19 heavy (non-hydrogen) atoms. The highest BCUT2D eigenvalue weighted by molar-refractivity contribution is 7.12. The lowest BCUT2D eigenvalue weighted by atomic mass is 10.2. The zero-order valence-corrected chi connectivity index (χ0v) is 11.8. The summed E-state index contributed by atoms with van der Waals surface area (Å²) in [7, 11) is 0. The van der Waals surface area contributed by atoms with Crippen LogP contribution in [0.25, 0.3) is 0 Å². The molecule has 5 heteroatoms. The van der Waals surface area contributed by atoms with E-state index in [0.29, 0.717) is 23.5 Å². The second-order valence-electron chi connectivity index (χ2n) is 4.00. The number of carbonyl (C=O) groups is 1. The van der Waals surface area contributed by atoms with Gasteiger partial charge in [0.2, 0.25) is 0 Å². The predicted molar refractivity (Wildman–Crippen MR) is 74.6 cm³/mol. The summed E-state index contributed by atoms with van der Waals surface area (Å²) in [5.74, 6) is 5.00. The van der Waals surface area contributed by atoms with E-state index in [1.807, 2.05) is 6.92 Å². The minimum absolute atomic E-state index is 0.109. The van der Waals surface area contributed by atoms with E-state index in [-0.39, 0.29) is 18.4 Å². The van der Waals surface area contributed by atoms with Gasteiger partial charge in [-0.05, 0) is 25.3 Å². The van der Waals surface area contributed by atoms with Gasteiger partial charge in [0.25, 0.3) is 5.91 Å². The van der Waals surface area contributed by atoms with Gasteiger partial charge in [-0.2, -0.15) is 5.26 Å². The lowest BCUT2D eigenvalue weighted by Gasteiger charge is -2.21. The molecule has 100 valence electrons. The summed E-state index contributed by atoms with van der Waals surface area (Å²) in [6, 6.07) is 3.89. The van der Waals surface area contributed by atoms with Gasteiger partial charge in [-0.3, -0.25) is 4.79 Å². The molecule has 1 aromatic heterocycles. The third-order valence-corrected chi connectivity index (χ3v) is 3.45. The van der Waals surface area contributed by atoms with Crippen LogP contribution in [0.4, 0.5) is 0 Å². The third kappa shape index (κ3) is 4.10. The fourth-order valence-corrected chi connectivity index (χ4v) is 2.39. The molecule has 1 amide bonds. The van der Waals surface area contributed by atoms with Crippen molar-refractivity contribution >= 4 is 17.2 Å². The van der Waals surface area contributed by atoms with E-state index in [1.165, 1.54) is 11.3 Å². The first-order chi connectivity index (χ1) is 9.13. The lowest BCUT2D eigenvalue weighted by Crippen LogP contribution is -2.34. The molecule has 1 unspecified atom stereocenters. The maximum absolute atomic E-state index is 12.4. The monoisotopic (exact) mass is 276 g/mol. The highest BCUT2D eigenvalue weighted by atomic mass is 32.1. The zero-order valence-electron chi connectivity index (χ0n) is 11.0. The van der Waals surface area contributed by atoms with Gasteiger partial charge in [0.15, 0.2) is 0 Å². The van der Waals surface area contributed by atoms with Gasteiger partial charge < -0.3 is 10.0 Å². The van der Waals surface area contributed by atoms with Crippen molar-refractivity contribution in [1.82, 2.24) is 4.90 Å². The Hall–Kier alpha value is -1.82. The Morgan fingerprint density at radius 2 is 2.37 bits per heavy atom. The molecule has 0 aliphatic heterocycles. The first kappa shape index (κ1) is 15.2. The average molecular weight is 276 g/mol. The fraction of sp³-hybridized carbons (Fsp3) is 0.429. The highest BCUT2D eigenvalue weighted by Gasteiger charge is 2.20. The number of aliphatic hydroxyl groups excluding tert-OH is 1. The molecule has 0 spiro atoms. The summed E-state index contributed by atoms with van der Waals surface area (Å²) < 4.78 is 0. The maximum atomic E-state index is 12.4. The first-order valence-corrected chi connectivity index (χ1v) is 6.88. The van der Waals surface area contributed by atoms with Crippen molar-refractivity contribution in [2.24, 2.45) is 5.92 Å². The van der Waals surface area contributed by atoms with Crippen LogP contribution < -0.4 is 0 Å². The Kier molecular flexibility index (Phi) is 6.08. The van der Waals surface area contributed by atoms with Gasteiger partial charge in [0.05, 0.1) is 12.0 Å². The number of hydrogen-bond acceptors (Lipinski definition) is 4. The molecule has 0 radical (unpaired) electrons. The topological polar surface area (TPSA) is 64.3 Å². The van der Waals surface area contributed by atoms with Crippen molar-refractivity contribution in [1.29, 1.82) is 5.26 Å². The molecule has 4 nitrogen and oxygen atoms in total.